The van der Waals surface area contributed by atoms with Crippen molar-refractivity contribution in [3.8, 4) is 0 Å². The van der Waals surface area contributed by atoms with Gasteiger partial charge in [-0.1, -0.05) is 41.0 Å². The Bertz CT molecular complexity index is 403. The monoisotopic (exact) mass is 312 g/mol. The predicted molar refractivity (Wildman–Crippen MR) is 92.1 cm³/mol. The number of hydrogen-bond acceptors (Lipinski definition) is 4. The first-order chi connectivity index (χ1) is 9.93. The molecule has 1 rings (SSSR count). The first-order valence-corrected chi connectivity index (χ1v) is 9.08. The van der Waals surface area contributed by atoms with Gasteiger partial charge in [-0.05, 0) is 26.3 Å². The first-order valence-electron chi connectivity index (χ1n) is 8.26. The Labute approximate surface area is 134 Å². The van der Waals surface area contributed by atoms with E-state index in [1.807, 2.05) is 11.3 Å². The second-order valence-electron chi connectivity index (χ2n) is 6.48. The predicted octanol–water partition coefficient (Wildman–Crippen LogP) is 4.82. The molecule has 0 bridgehead atoms. The normalized spacial score (nSPS) is 13.6. The van der Waals surface area contributed by atoms with Crippen LogP contribution in [0.3, 0.4) is 0 Å². The molecule has 0 saturated carbocycles. The Hall–Kier alpha value is -0.450. The fraction of sp³-hybridized carbons (Fsp3) is 0.824. The van der Waals surface area contributed by atoms with Crippen molar-refractivity contribution in [2.75, 3.05) is 13.2 Å². The fourth-order valence-corrected chi connectivity index (χ4v) is 3.66. The molecule has 3 nitrogen and oxygen atoms in total. The third-order valence-corrected chi connectivity index (χ3v) is 4.48. The minimum atomic E-state index is 0.0843. The number of hydrogen-bond donors (Lipinski definition) is 1. The van der Waals surface area contributed by atoms with Gasteiger partial charge in [0.25, 0.3) is 0 Å². The third kappa shape index (κ3) is 5.68. The summed E-state index contributed by atoms with van der Waals surface area (Å²) in [5, 5.41) is 4.66. The van der Waals surface area contributed by atoms with E-state index in [1.165, 1.54) is 10.6 Å². The minimum absolute atomic E-state index is 0.0843. The van der Waals surface area contributed by atoms with Crippen LogP contribution in [-0.4, -0.2) is 18.1 Å². The van der Waals surface area contributed by atoms with Crippen molar-refractivity contribution in [3.05, 3.63) is 15.6 Å². The summed E-state index contributed by atoms with van der Waals surface area (Å²) < 4.78 is 5.90. The van der Waals surface area contributed by atoms with Crippen LogP contribution in [0.15, 0.2) is 0 Å². The lowest BCUT2D eigenvalue weighted by Crippen LogP contribution is -2.19. The zero-order valence-corrected chi connectivity index (χ0v) is 15.4. The van der Waals surface area contributed by atoms with E-state index in [1.54, 1.807) is 0 Å². The minimum Gasteiger partial charge on any atom is -0.371 e. The summed E-state index contributed by atoms with van der Waals surface area (Å²) >= 11 is 1.83. The lowest BCUT2D eigenvalue weighted by molar-refractivity contribution is 0.0553. The SMILES string of the molecule is CCCNCc1sc(C(CCC)OCC)nc1C(C)(C)C. The average Bonchev–Trinajstić information content (AvgIpc) is 2.83. The molecular formula is C17H32N2OS. The van der Waals surface area contributed by atoms with Crippen molar-refractivity contribution in [2.24, 2.45) is 0 Å². The van der Waals surface area contributed by atoms with Crippen LogP contribution in [0.5, 0.6) is 0 Å². The quantitative estimate of drug-likeness (QED) is 0.664. The molecule has 0 aromatic carbocycles. The second kappa shape index (κ2) is 8.86. The van der Waals surface area contributed by atoms with Gasteiger partial charge < -0.3 is 10.1 Å². The molecule has 0 spiro atoms. The molecule has 1 aromatic rings. The molecule has 0 radical (unpaired) electrons. The molecule has 0 amide bonds. The molecule has 4 heteroatoms. The summed E-state index contributed by atoms with van der Waals surface area (Å²) in [7, 11) is 0. The third-order valence-electron chi connectivity index (χ3n) is 3.33. The van der Waals surface area contributed by atoms with Gasteiger partial charge in [-0.2, -0.15) is 0 Å². The summed E-state index contributed by atoms with van der Waals surface area (Å²) in [6.07, 6.45) is 3.49. The van der Waals surface area contributed by atoms with Crippen molar-refractivity contribution < 1.29 is 4.74 Å². The molecule has 1 atom stereocenters. The molecule has 0 fully saturated rings. The highest BCUT2D eigenvalue weighted by atomic mass is 32.1. The van der Waals surface area contributed by atoms with Gasteiger partial charge in [0.2, 0.25) is 0 Å². The number of nitrogens with zero attached hydrogens (tertiary/aromatic N) is 1. The number of thiazole rings is 1. The summed E-state index contributed by atoms with van der Waals surface area (Å²) in [6.45, 7) is 15.9. The molecule has 1 heterocycles. The highest BCUT2D eigenvalue weighted by Crippen LogP contribution is 2.34. The Morgan fingerprint density at radius 1 is 1.19 bits per heavy atom. The van der Waals surface area contributed by atoms with Gasteiger partial charge in [0.05, 0.1) is 5.69 Å². The highest BCUT2D eigenvalue weighted by Gasteiger charge is 2.25. The Morgan fingerprint density at radius 2 is 1.90 bits per heavy atom. The standard InChI is InChI=1S/C17H32N2OS/c1-7-10-13(20-9-3)16-19-15(17(4,5)6)14(21-16)12-18-11-8-2/h13,18H,7-12H2,1-6H3. The van der Waals surface area contributed by atoms with E-state index in [9.17, 15) is 0 Å². The van der Waals surface area contributed by atoms with Crippen molar-refractivity contribution in [3.63, 3.8) is 0 Å². The van der Waals surface area contributed by atoms with Crippen molar-refractivity contribution in [1.29, 1.82) is 0 Å². The van der Waals surface area contributed by atoms with Crippen LogP contribution in [0.2, 0.25) is 0 Å². The maximum atomic E-state index is 5.90. The van der Waals surface area contributed by atoms with Gasteiger partial charge >= 0.3 is 0 Å². The smallest absolute Gasteiger partial charge is 0.122 e. The maximum absolute atomic E-state index is 5.90. The van der Waals surface area contributed by atoms with E-state index in [4.69, 9.17) is 9.72 Å². The molecule has 1 aromatic heterocycles. The van der Waals surface area contributed by atoms with Crippen LogP contribution in [0.25, 0.3) is 0 Å². The molecule has 1 unspecified atom stereocenters. The Kier molecular flexibility index (Phi) is 7.85. The highest BCUT2D eigenvalue weighted by molar-refractivity contribution is 7.11. The molecule has 0 aliphatic heterocycles. The van der Waals surface area contributed by atoms with E-state index in [0.717, 1.165) is 44.0 Å². The van der Waals surface area contributed by atoms with Crippen LogP contribution in [0.4, 0.5) is 0 Å². The lowest BCUT2D eigenvalue weighted by atomic mass is 9.91. The van der Waals surface area contributed by atoms with Crippen LogP contribution >= 0.6 is 11.3 Å². The van der Waals surface area contributed by atoms with E-state index in [2.05, 4.69) is 46.9 Å². The van der Waals surface area contributed by atoms with E-state index in [0.29, 0.717) is 0 Å². The zero-order valence-electron chi connectivity index (χ0n) is 14.6. The Balaban J connectivity index is 2.99. The zero-order chi connectivity index (χ0) is 15.9. The largest absolute Gasteiger partial charge is 0.371 e. The van der Waals surface area contributed by atoms with Crippen LogP contribution in [-0.2, 0) is 16.7 Å². The van der Waals surface area contributed by atoms with E-state index < -0.39 is 0 Å². The number of aromatic nitrogens is 1. The second-order valence-corrected chi connectivity index (χ2v) is 7.60. The number of ether oxygens (including phenoxy) is 1. The number of nitrogens with one attached hydrogen (secondary N) is 1. The molecule has 21 heavy (non-hydrogen) atoms. The lowest BCUT2D eigenvalue weighted by Gasteiger charge is -2.18. The van der Waals surface area contributed by atoms with Crippen molar-refractivity contribution in [2.45, 2.75) is 78.9 Å². The Morgan fingerprint density at radius 3 is 2.43 bits per heavy atom. The van der Waals surface area contributed by atoms with Gasteiger partial charge in [-0.3, -0.25) is 0 Å². The van der Waals surface area contributed by atoms with Gasteiger partial charge in [0.1, 0.15) is 11.1 Å². The fourth-order valence-electron chi connectivity index (χ4n) is 2.33. The van der Waals surface area contributed by atoms with Gasteiger partial charge in [-0.15, -0.1) is 11.3 Å². The van der Waals surface area contributed by atoms with Gasteiger partial charge in [0, 0.05) is 23.4 Å². The molecule has 0 aliphatic carbocycles. The molecular weight excluding hydrogens is 280 g/mol. The maximum Gasteiger partial charge on any atom is 0.122 e. The first kappa shape index (κ1) is 18.6. The van der Waals surface area contributed by atoms with Crippen LogP contribution in [0.1, 0.15) is 82.5 Å². The molecule has 1 N–H and O–H groups in total. The van der Waals surface area contributed by atoms with E-state index in [-0.39, 0.29) is 11.5 Å². The van der Waals surface area contributed by atoms with Crippen LogP contribution in [0, 0.1) is 0 Å². The summed E-state index contributed by atoms with van der Waals surface area (Å²) in [6, 6.07) is 0. The molecule has 0 saturated heterocycles. The topological polar surface area (TPSA) is 34.1 Å². The summed E-state index contributed by atoms with van der Waals surface area (Å²) in [5.74, 6) is 0. The van der Waals surface area contributed by atoms with E-state index >= 15 is 0 Å². The summed E-state index contributed by atoms with van der Waals surface area (Å²) in [4.78, 5) is 6.32. The van der Waals surface area contributed by atoms with Crippen molar-refractivity contribution in [1.82, 2.24) is 10.3 Å². The van der Waals surface area contributed by atoms with Crippen LogP contribution < -0.4 is 5.32 Å². The van der Waals surface area contributed by atoms with Gasteiger partial charge in [-0.25, -0.2) is 4.98 Å². The molecule has 122 valence electrons. The molecule has 0 aliphatic rings. The number of rotatable bonds is 9. The van der Waals surface area contributed by atoms with Gasteiger partial charge in [0.15, 0.2) is 0 Å². The van der Waals surface area contributed by atoms with Crippen molar-refractivity contribution >= 4 is 11.3 Å². The summed E-state index contributed by atoms with van der Waals surface area (Å²) in [5.41, 5.74) is 1.31. The average molecular weight is 313 g/mol.